The second kappa shape index (κ2) is 7.08. The number of carbonyl (C=O) groups excluding carboxylic acids is 2. The Hall–Kier alpha value is -2.96. The SMILES string of the molecule is NC(=O)C1CCCN(c2ccc(C(=O)Nc3ccccc3)nn2)C1. The minimum Gasteiger partial charge on any atom is -0.369 e. The molecule has 3 rings (SSSR count). The van der Waals surface area contributed by atoms with Gasteiger partial charge in [0.05, 0.1) is 5.92 Å². The summed E-state index contributed by atoms with van der Waals surface area (Å²) in [5.74, 6) is -0.112. The molecule has 0 saturated carbocycles. The van der Waals surface area contributed by atoms with Crippen LogP contribution in [-0.4, -0.2) is 35.1 Å². The van der Waals surface area contributed by atoms with Crippen molar-refractivity contribution in [3.8, 4) is 0 Å². The van der Waals surface area contributed by atoms with E-state index >= 15 is 0 Å². The van der Waals surface area contributed by atoms with Gasteiger partial charge in [0.15, 0.2) is 11.5 Å². The Morgan fingerprint density at radius 2 is 1.92 bits per heavy atom. The summed E-state index contributed by atoms with van der Waals surface area (Å²) in [7, 11) is 0. The van der Waals surface area contributed by atoms with Crippen LogP contribution in [0.1, 0.15) is 23.3 Å². The van der Waals surface area contributed by atoms with E-state index in [0.29, 0.717) is 18.1 Å². The summed E-state index contributed by atoms with van der Waals surface area (Å²) in [6, 6.07) is 12.5. The maximum atomic E-state index is 12.2. The molecule has 124 valence electrons. The lowest BCUT2D eigenvalue weighted by Crippen LogP contribution is -2.41. The molecular weight excluding hydrogens is 306 g/mol. The lowest BCUT2D eigenvalue weighted by atomic mass is 9.97. The number of aromatic nitrogens is 2. The first-order valence-corrected chi connectivity index (χ1v) is 7.88. The Kier molecular flexibility index (Phi) is 4.69. The van der Waals surface area contributed by atoms with Crippen molar-refractivity contribution in [2.75, 3.05) is 23.3 Å². The maximum absolute atomic E-state index is 12.2. The van der Waals surface area contributed by atoms with Crippen LogP contribution in [0.4, 0.5) is 11.5 Å². The van der Waals surface area contributed by atoms with Crippen LogP contribution in [0.2, 0.25) is 0 Å². The van der Waals surface area contributed by atoms with Gasteiger partial charge in [0.1, 0.15) is 0 Å². The molecule has 1 saturated heterocycles. The highest BCUT2D eigenvalue weighted by atomic mass is 16.2. The number of hydrogen-bond acceptors (Lipinski definition) is 5. The van der Waals surface area contributed by atoms with Gasteiger partial charge in [0.2, 0.25) is 5.91 Å². The molecule has 1 aromatic heterocycles. The van der Waals surface area contributed by atoms with Crippen LogP contribution in [0, 0.1) is 5.92 Å². The fourth-order valence-electron chi connectivity index (χ4n) is 2.75. The van der Waals surface area contributed by atoms with E-state index in [1.165, 1.54) is 0 Å². The van der Waals surface area contributed by atoms with E-state index in [1.807, 2.05) is 23.1 Å². The number of para-hydroxylation sites is 1. The first-order valence-electron chi connectivity index (χ1n) is 7.88. The standard InChI is InChI=1S/C17H19N5O2/c18-16(23)12-5-4-10-22(11-12)15-9-8-14(20-21-15)17(24)19-13-6-2-1-3-7-13/h1-3,6-9,12H,4-5,10-11H2,(H2,18,23)(H,19,24). The summed E-state index contributed by atoms with van der Waals surface area (Å²) in [5, 5.41) is 10.9. The van der Waals surface area contributed by atoms with Gasteiger partial charge in [-0.3, -0.25) is 9.59 Å². The first kappa shape index (κ1) is 15.9. The molecule has 1 fully saturated rings. The lowest BCUT2D eigenvalue weighted by molar-refractivity contribution is -0.122. The van der Waals surface area contributed by atoms with Gasteiger partial charge < -0.3 is 16.0 Å². The maximum Gasteiger partial charge on any atom is 0.276 e. The minimum atomic E-state index is -0.311. The van der Waals surface area contributed by atoms with E-state index in [1.54, 1.807) is 24.3 Å². The number of benzene rings is 1. The van der Waals surface area contributed by atoms with Crippen molar-refractivity contribution in [2.45, 2.75) is 12.8 Å². The van der Waals surface area contributed by atoms with Crippen molar-refractivity contribution >= 4 is 23.3 Å². The molecule has 0 bridgehead atoms. The summed E-state index contributed by atoms with van der Waals surface area (Å²) >= 11 is 0. The van der Waals surface area contributed by atoms with Gasteiger partial charge in [-0.15, -0.1) is 10.2 Å². The van der Waals surface area contributed by atoms with E-state index < -0.39 is 0 Å². The normalized spacial score (nSPS) is 17.3. The Labute approximate surface area is 139 Å². The highest BCUT2D eigenvalue weighted by molar-refractivity contribution is 6.02. The van der Waals surface area contributed by atoms with Gasteiger partial charge in [-0.05, 0) is 37.1 Å². The predicted octanol–water partition coefficient (Wildman–Crippen LogP) is 1.43. The van der Waals surface area contributed by atoms with E-state index in [4.69, 9.17) is 5.73 Å². The largest absolute Gasteiger partial charge is 0.369 e. The van der Waals surface area contributed by atoms with Gasteiger partial charge in [0.25, 0.3) is 5.91 Å². The molecule has 1 aromatic carbocycles. The number of primary amides is 1. The zero-order valence-electron chi connectivity index (χ0n) is 13.2. The molecule has 2 amide bonds. The molecule has 0 radical (unpaired) electrons. The van der Waals surface area contributed by atoms with Crippen LogP contribution in [0.3, 0.4) is 0 Å². The zero-order chi connectivity index (χ0) is 16.9. The molecule has 1 unspecified atom stereocenters. The lowest BCUT2D eigenvalue weighted by Gasteiger charge is -2.31. The monoisotopic (exact) mass is 325 g/mol. The first-order chi connectivity index (χ1) is 11.6. The van der Waals surface area contributed by atoms with E-state index in [0.717, 1.165) is 19.4 Å². The number of piperidine rings is 1. The fourth-order valence-corrected chi connectivity index (χ4v) is 2.75. The van der Waals surface area contributed by atoms with Crippen LogP contribution in [0.25, 0.3) is 0 Å². The van der Waals surface area contributed by atoms with Gasteiger partial charge >= 0.3 is 0 Å². The molecule has 1 atom stereocenters. The number of carbonyl (C=O) groups is 2. The van der Waals surface area contributed by atoms with Crippen molar-refractivity contribution < 1.29 is 9.59 Å². The van der Waals surface area contributed by atoms with Crippen LogP contribution in [-0.2, 0) is 4.79 Å². The summed E-state index contributed by atoms with van der Waals surface area (Å²) in [5.41, 5.74) is 6.33. The summed E-state index contributed by atoms with van der Waals surface area (Å²) in [6.45, 7) is 1.34. The van der Waals surface area contributed by atoms with Crippen molar-refractivity contribution in [1.82, 2.24) is 10.2 Å². The molecule has 7 nitrogen and oxygen atoms in total. The van der Waals surface area contributed by atoms with Crippen molar-refractivity contribution in [3.05, 3.63) is 48.2 Å². The van der Waals surface area contributed by atoms with Gasteiger partial charge in [-0.25, -0.2) is 0 Å². The topological polar surface area (TPSA) is 101 Å². The summed E-state index contributed by atoms with van der Waals surface area (Å²) in [4.78, 5) is 25.5. The van der Waals surface area contributed by atoms with E-state index in [9.17, 15) is 9.59 Å². The fraction of sp³-hybridized carbons (Fsp3) is 0.294. The highest BCUT2D eigenvalue weighted by Gasteiger charge is 2.25. The summed E-state index contributed by atoms with van der Waals surface area (Å²) in [6.07, 6.45) is 1.68. The van der Waals surface area contributed by atoms with Crippen LogP contribution < -0.4 is 16.0 Å². The van der Waals surface area contributed by atoms with Crippen LogP contribution in [0.15, 0.2) is 42.5 Å². The van der Waals surface area contributed by atoms with Crippen LogP contribution >= 0.6 is 0 Å². The highest BCUT2D eigenvalue weighted by Crippen LogP contribution is 2.21. The molecule has 2 aromatic rings. The average Bonchev–Trinajstić information content (AvgIpc) is 2.63. The zero-order valence-corrected chi connectivity index (χ0v) is 13.2. The predicted molar refractivity (Wildman–Crippen MR) is 90.6 cm³/mol. The van der Waals surface area contributed by atoms with Gasteiger partial charge in [0, 0.05) is 18.8 Å². The third-order valence-electron chi connectivity index (χ3n) is 4.06. The molecule has 7 heteroatoms. The molecule has 0 aliphatic carbocycles. The number of nitrogens with zero attached hydrogens (tertiary/aromatic N) is 3. The molecule has 2 heterocycles. The molecule has 3 N–H and O–H groups in total. The number of nitrogens with one attached hydrogen (secondary N) is 1. The molecular formula is C17H19N5O2. The third-order valence-corrected chi connectivity index (χ3v) is 4.06. The minimum absolute atomic E-state index is 0.165. The quantitative estimate of drug-likeness (QED) is 0.885. The Bertz CT molecular complexity index is 718. The van der Waals surface area contributed by atoms with E-state index in [2.05, 4.69) is 15.5 Å². The smallest absolute Gasteiger partial charge is 0.276 e. The Morgan fingerprint density at radius 3 is 2.58 bits per heavy atom. The molecule has 1 aliphatic rings. The van der Waals surface area contributed by atoms with Crippen molar-refractivity contribution in [1.29, 1.82) is 0 Å². The average molecular weight is 325 g/mol. The number of hydrogen-bond donors (Lipinski definition) is 2. The Balaban J connectivity index is 1.67. The van der Waals surface area contributed by atoms with Gasteiger partial charge in [-0.2, -0.15) is 0 Å². The molecule has 0 spiro atoms. The van der Waals surface area contributed by atoms with Crippen molar-refractivity contribution in [3.63, 3.8) is 0 Å². The van der Waals surface area contributed by atoms with E-state index in [-0.39, 0.29) is 23.4 Å². The molecule has 24 heavy (non-hydrogen) atoms. The molecule has 1 aliphatic heterocycles. The van der Waals surface area contributed by atoms with Crippen molar-refractivity contribution in [2.24, 2.45) is 11.7 Å². The number of amides is 2. The Morgan fingerprint density at radius 1 is 1.12 bits per heavy atom. The van der Waals surface area contributed by atoms with Gasteiger partial charge in [-0.1, -0.05) is 18.2 Å². The second-order valence-corrected chi connectivity index (χ2v) is 5.78. The number of rotatable bonds is 4. The summed E-state index contributed by atoms with van der Waals surface area (Å²) < 4.78 is 0. The third kappa shape index (κ3) is 3.68. The number of anilines is 2. The van der Waals surface area contributed by atoms with Crippen LogP contribution in [0.5, 0.6) is 0 Å². The number of nitrogens with two attached hydrogens (primary N) is 1. The second-order valence-electron chi connectivity index (χ2n) is 5.78.